The highest BCUT2D eigenvalue weighted by Gasteiger charge is 2.29. The van der Waals surface area contributed by atoms with Crippen LogP contribution in [0.5, 0.6) is 0 Å². The maximum absolute atomic E-state index is 13.2. The largest absolute Gasteiger partial charge is 0.438 e. The number of amides is 2. The van der Waals surface area contributed by atoms with E-state index in [1.54, 1.807) is 24.3 Å². The van der Waals surface area contributed by atoms with Crippen LogP contribution in [0, 0.1) is 5.92 Å². The zero-order chi connectivity index (χ0) is 43.2. The molecule has 0 aliphatic heterocycles. The molecule has 4 rings (SSSR count). The lowest BCUT2D eigenvalue weighted by Crippen LogP contribution is -2.33. The highest BCUT2D eigenvalue weighted by atomic mass is 16.6. The molecule has 0 spiro atoms. The molecule has 1 atom stereocenters. The van der Waals surface area contributed by atoms with Gasteiger partial charge in [0.05, 0.1) is 11.4 Å². The molecule has 10 heteroatoms. The molecule has 312 valence electrons. The zero-order valence-corrected chi connectivity index (χ0v) is 35.1. The fourth-order valence-electron chi connectivity index (χ4n) is 6.95. The van der Waals surface area contributed by atoms with Crippen molar-refractivity contribution in [1.82, 2.24) is 0 Å². The summed E-state index contributed by atoms with van der Waals surface area (Å²) in [7, 11) is 0. The number of benzene rings is 4. The molecule has 10 nitrogen and oxygen atoms in total. The van der Waals surface area contributed by atoms with Crippen molar-refractivity contribution in [3.63, 3.8) is 0 Å². The molecule has 0 radical (unpaired) electrons. The smallest absolute Gasteiger partial charge is 0.412 e. The maximum Gasteiger partial charge on any atom is 0.412 e. The highest BCUT2D eigenvalue weighted by molar-refractivity contribution is 5.85. The quantitative estimate of drug-likeness (QED) is 0.0461. The third-order valence-electron chi connectivity index (χ3n) is 10.6. The maximum atomic E-state index is 13.2. The molecule has 0 fully saturated rings. The predicted octanol–water partition coefficient (Wildman–Crippen LogP) is 12.8. The van der Waals surface area contributed by atoms with Crippen molar-refractivity contribution in [2.75, 3.05) is 10.6 Å². The molecule has 2 amide bonds. The van der Waals surface area contributed by atoms with Crippen molar-refractivity contribution in [3.8, 4) is 0 Å². The van der Waals surface area contributed by atoms with Gasteiger partial charge in [-0.15, -0.1) is 6.58 Å². The Bertz CT molecular complexity index is 2210. The fraction of sp³-hybridized carbons (Fsp3) is 0.320. The van der Waals surface area contributed by atoms with Gasteiger partial charge >= 0.3 is 12.2 Å². The van der Waals surface area contributed by atoms with Gasteiger partial charge in [0, 0.05) is 11.4 Å². The van der Waals surface area contributed by atoms with Crippen LogP contribution in [-0.4, -0.2) is 35.5 Å². The summed E-state index contributed by atoms with van der Waals surface area (Å²) in [6.07, 6.45) is 18.2. The summed E-state index contributed by atoms with van der Waals surface area (Å²) in [5.41, 5.74) is 4.74. The molecule has 0 saturated heterocycles. The van der Waals surface area contributed by atoms with Gasteiger partial charge in [-0.3, -0.25) is 10.6 Å². The van der Waals surface area contributed by atoms with E-state index >= 15 is 0 Å². The first-order chi connectivity index (χ1) is 29.1. The second-order valence-corrected chi connectivity index (χ2v) is 14.7. The number of rotatable bonds is 22. The number of anilines is 2. The Labute approximate surface area is 354 Å². The molecule has 2 N–H and O–H groups in total. The lowest BCUT2D eigenvalue weighted by atomic mass is 9.92. The van der Waals surface area contributed by atoms with E-state index in [0.717, 1.165) is 41.5 Å². The van der Waals surface area contributed by atoms with Gasteiger partial charge in [0.25, 0.3) is 0 Å². The SMILES string of the molecule is C=CC(C/C=C/C(CC)(CC)OC(=O)Nc1cccc(Cc2cccc(N=C=O)c2)c1)CC/C=C/C(CC)(CC)OC(=O)Nc1cccc(Cc2cccc(N=C=O)c2)c1. The van der Waals surface area contributed by atoms with Crippen molar-refractivity contribution in [1.29, 1.82) is 0 Å². The number of nitrogens with one attached hydrogen (secondary N) is 2. The number of nitrogens with zero attached hydrogens (tertiary/aromatic N) is 2. The lowest BCUT2D eigenvalue weighted by Gasteiger charge is -2.29. The van der Waals surface area contributed by atoms with Crippen molar-refractivity contribution in [2.45, 2.75) is 96.7 Å². The molecule has 0 aromatic heterocycles. The van der Waals surface area contributed by atoms with Crippen LogP contribution in [0.15, 0.2) is 144 Å². The molecule has 0 aliphatic carbocycles. The first-order valence-electron chi connectivity index (χ1n) is 20.6. The van der Waals surface area contributed by atoms with Crippen LogP contribution in [0.1, 0.15) is 94.9 Å². The van der Waals surface area contributed by atoms with Crippen LogP contribution in [0.2, 0.25) is 0 Å². The summed E-state index contributed by atoms with van der Waals surface area (Å²) in [5.74, 6) is 0.189. The Kier molecular flexibility index (Phi) is 18.2. The van der Waals surface area contributed by atoms with E-state index in [1.807, 2.05) is 131 Å². The van der Waals surface area contributed by atoms with Crippen LogP contribution in [0.4, 0.5) is 32.3 Å². The fourth-order valence-corrected chi connectivity index (χ4v) is 6.95. The van der Waals surface area contributed by atoms with Gasteiger partial charge in [0.2, 0.25) is 12.2 Å². The minimum atomic E-state index is -0.771. The number of carbonyl (C=O) groups is 2. The second-order valence-electron chi connectivity index (χ2n) is 14.7. The Balaban J connectivity index is 1.28. The zero-order valence-electron chi connectivity index (χ0n) is 35.1. The van der Waals surface area contributed by atoms with E-state index in [4.69, 9.17) is 9.47 Å². The van der Waals surface area contributed by atoms with Crippen LogP contribution in [-0.2, 0) is 31.9 Å². The van der Waals surface area contributed by atoms with Crippen LogP contribution in [0.25, 0.3) is 0 Å². The summed E-state index contributed by atoms with van der Waals surface area (Å²) < 4.78 is 12.1. The van der Waals surface area contributed by atoms with Gasteiger partial charge in [-0.05, 0) is 147 Å². The lowest BCUT2D eigenvalue weighted by molar-refractivity contribution is 0.0501. The monoisotopic (exact) mass is 808 g/mol. The molecule has 60 heavy (non-hydrogen) atoms. The number of isocyanates is 2. The first kappa shape index (κ1) is 46.1. The second kappa shape index (κ2) is 23.7. The molecule has 4 aromatic carbocycles. The number of allylic oxidation sites excluding steroid dienone is 3. The molecule has 1 unspecified atom stereocenters. The summed E-state index contributed by atoms with van der Waals surface area (Å²) in [6.45, 7) is 12.1. The third kappa shape index (κ3) is 14.7. The van der Waals surface area contributed by atoms with E-state index in [1.165, 1.54) is 0 Å². The van der Waals surface area contributed by atoms with E-state index < -0.39 is 23.4 Å². The normalized spacial score (nSPS) is 11.9. The molecule has 0 bridgehead atoms. The van der Waals surface area contributed by atoms with Crippen LogP contribution >= 0.6 is 0 Å². The van der Waals surface area contributed by atoms with Crippen LogP contribution in [0.3, 0.4) is 0 Å². The van der Waals surface area contributed by atoms with Crippen molar-refractivity contribution in [2.24, 2.45) is 15.9 Å². The molecular formula is C50H56N4O6. The average Bonchev–Trinajstić information content (AvgIpc) is 3.24. The minimum absolute atomic E-state index is 0.189. The van der Waals surface area contributed by atoms with Crippen molar-refractivity contribution < 1.29 is 28.7 Å². The average molecular weight is 809 g/mol. The standard InChI is InChI=1S/C50H56N4O6/c1-6-38(23-17-29-50(9-4,10-5)60-48(58)54-46-27-16-22-42(35-46)31-40-20-14-25-44(33-40)52-37-56)18-11-12-28-49(7-2,8-3)59-47(57)53-45-26-15-21-41(34-45)30-39-19-13-24-43(32-39)51-36-55/h6,12-17,19-22,24-29,32-35,38H,1,7-11,18,23,30-31H2,2-5H3,(H,53,57)(H,54,58)/b28-12+,29-17+. The van der Waals surface area contributed by atoms with Gasteiger partial charge in [0.15, 0.2) is 0 Å². The molecule has 4 aromatic rings. The van der Waals surface area contributed by atoms with Gasteiger partial charge < -0.3 is 9.47 Å². The number of carbonyl (C=O) groups excluding carboxylic acids is 4. The predicted molar refractivity (Wildman–Crippen MR) is 240 cm³/mol. The summed E-state index contributed by atoms with van der Waals surface area (Å²) in [4.78, 5) is 55.0. The Hall–Kier alpha value is -6.60. The summed E-state index contributed by atoms with van der Waals surface area (Å²) >= 11 is 0. The molecule has 0 aliphatic rings. The Morgan fingerprint density at radius 1 is 0.650 bits per heavy atom. The van der Waals surface area contributed by atoms with Gasteiger partial charge in [-0.2, -0.15) is 9.98 Å². The summed E-state index contributed by atoms with van der Waals surface area (Å²) in [6, 6.07) is 29.9. The minimum Gasteiger partial charge on any atom is -0.438 e. The van der Waals surface area contributed by atoms with E-state index in [0.29, 0.717) is 61.3 Å². The van der Waals surface area contributed by atoms with E-state index in [9.17, 15) is 19.2 Å². The Morgan fingerprint density at radius 2 is 1.07 bits per heavy atom. The van der Waals surface area contributed by atoms with Gasteiger partial charge in [-0.1, -0.05) is 94.5 Å². The van der Waals surface area contributed by atoms with Crippen molar-refractivity contribution in [3.05, 3.63) is 156 Å². The van der Waals surface area contributed by atoms with E-state index in [-0.39, 0.29) is 5.92 Å². The number of hydrogen-bond acceptors (Lipinski definition) is 8. The summed E-state index contributed by atoms with van der Waals surface area (Å²) in [5, 5.41) is 5.79. The first-order valence-corrected chi connectivity index (χ1v) is 20.6. The number of ether oxygens (including phenoxy) is 2. The van der Waals surface area contributed by atoms with Gasteiger partial charge in [-0.25, -0.2) is 19.2 Å². The van der Waals surface area contributed by atoms with Crippen molar-refractivity contribution >= 4 is 47.1 Å². The highest BCUT2D eigenvalue weighted by Crippen LogP contribution is 2.28. The molecular weight excluding hydrogens is 753 g/mol. The number of hydrogen-bond donors (Lipinski definition) is 2. The molecule has 0 saturated carbocycles. The molecule has 0 heterocycles. The topological polar surface area (TPSA) is 136 Å². The van der Waals surface area contributed by atoms with Crippen LogP contribution < -0.4 is 10.6 Å². The van der Waals surface area contributed by atoms with E-state index in [2.05, 4.69) is 39.3 Å². The number of aliphatic imine (C=N–C) groups is 2. The third-order valence-corrected chi connectivity index (χ3v) is 10.6. The Morgan fingerprint density at radius 3 is 1.48 bits per heavy atom. The van der Waals surface area contributed by atoms with Gasteiger partial charge in [0.1, 0.15) is 11.2 Å².